The third-order valence-corrected chi connectivity index (χ3v) is 17.3. The Morgan fingerprint density at radius 1 is 0.527 bits per heavy atom. The summed E-state index contributed by atoms with van der Waals surface area (Å²) in [6.07, 6.45) is 4.09. The molecule has 0 amide bonds. The molecule has 0 spiro atoms. The van der Waals surface area contributed by atoms with Crippen molar-refractivity contribution in [2.24, 2.45) is 0 Å². The van der Waals surface area contributed by atoms with Crippen LogP contribution in [0.3, 0.4) is 0 Å². The Morgan fingerprint density at radius 2 is 0.851 bits per heavy atom. The number of halogens is 2. The standard InChI is InChI=1S/2C24H27FN6O4S2/c2*1-14(2)17-12-36-24(28-17)23-30-29-21(31(23)22-18(34-4)7-6-8-19(22)35-5)13-37(32,33)15(3)9-20-26-10-16(25)11-27-20/h2*6-8,10-12,14-15H,9,13H2,1-5H3/t2*15-/m10/s1. The van der Waals surface area contributed by atoms with E-state index in [1.54, 1.807) is 59.4 Å². The monoisotopic (exact) mass is 1090 g/mol. The second-order valence-corrected chi connectivity index (χ2v) is 23.9. The normalized spacial score (nSPS) is 12.6. The Bertz CT molecular complexity index is 3150. The molecule has 2 aromatic carbocycles. The van der Waals surface area contributed by atoms with Crippen molar-refractivity contribution in [1.82, 2.24) is 59.4 Å². The van der Waals surface area contributed by atoms with Crippen LogP contribution in [0.1, 0.15) is 88.1 Å². The van der Waals surface area contributed by atoms with Gasteiger partial charge in [0.2, 0.25) is 0 Å². The first kappa shape index (κ1) is 54.9. The van der Waals surface area contributed by atoms with Crippen LogP contribution in [-0.2, 0) is 44.0 Å². The first-order chi connectivity index (χ1) is 35.3. The third kappa shape index (κ3) is 12.4. The average molecular weight is 1090 g/mol. The molecule has 20 nitrogen and oxygen atoms in total. The summed E-state index contributed by atoms with van der Waals surface area (Å²) in [6.45, 7) is 11.3. The summed E-state index contributed by atoms with van der Waals surface area (Å²) < 4.78 is 106. The molecule has 8 aromatic rings. The van der Waals surface area contributed by atoms with Gasteiger partial charge in [0.15, 0.2) is 64.6 Å². The first-order valence-corrected chi connectivity index (χ1v) is 28.1. The highest BCUT2D eigenvalue weighted by molar-refractivity contribution is 7.91. The van der Waals surface area contributed by atoms with E-state index in [4.69, 9.17) is 28.9 Å². The average Bonchev–Trinajstić information content (AvgIpc) is 4.22. The van der Waals surface area contributed by atoms with E-state index in [2.05, 4.69) is 40.3 Å². The van der Waals surface area contributed by atoms with Gasteiger partial charge in [-0.15, -0.1) is 43.1 Å². The zero-order valence-electron chi connectivity index (χ0n) is 42.1. The maximum absolute atomic E-state index is 13.4. The summed E-state index contributed by atoms with van der Waals surface area (Å²) in [7, 11) is -1.46. The molecule has 6 heterocycles. The maximum Gasteiger partial charge on any atom is 0.197 e. The molecular weight excluding hydrogens is 1040 g/mol. The zero-order chi connectivity index (χ0) is 53.5. The van der Waals surface area contributed by atoms with Gasteiger partial charge in [0.25, 0.3) is 0 Å². The zero-order valence-corrected chi connectivity index (χ0v) is 45.4. The molecule has 0 aliphatic rings. The number of benzene rings is 2. The van der Waals surface area contributed by atoms with Gasteiger partial charge in [-0.3, -0.25) is 9.13 Å². The second-order valence-electron chi connectivity index (χ2n) is 17.3. The van der Waals surface area contributed by atoms with Crippen LogP contribution < -0.4 is 18.9 Å². The van der Waals surface area contributed by atoms with E-state index in [0.29, 0.717) is 56.0 Å². The molecule has 0 N–H and O–H groups in total. The van der Waals surface area contributed by atoms with Crippen LogP contribution >= 0.6 is 22.7 Å². The molecule has 26 heteroatoms. The highest BCUT2D eigenvalue weighted by atomic mass is 32.2. The third-order valence-electron chi connectivity index (χ3n) is 11.5. The molecule has 0 bridgehead atoms. The van der Waals surface area contributed by atoms with Crippen molar-refractivity contribution in [3.05, 3.63) is 118 Å². The molecule has 0 saturated heterocycles. The molecule has 0 saturated carbocycles. The predicted octanol–water partition coefficient (Wildman–Crippen LogP) is 8.01. The Morgan fingerprint density at radius 3 is 1.14 bits per heavy atom. The predicted molar refractivity (Wildman–Crippen MR) is 275 cm³/mol. The lowest BCUT2D eigenvalue weighted by molar-refractivity contribution is 0.390. The van der Waals surface area contributed by atoms with Crippen LogP contribution in [0.4, 0.5) is 8.78 Å². The van der Waals surface area contributed by atoms with Gasteiger partial charge < -0.3 is 18.9 Å². The SMILES string of the molecule is COc1cccc(OC)c1-n1c(CS(=O)(=O)[C@@H](C)Cc2ncc(F)cn2)nnc1-c1nc(C(C)C)cs1.COc1cccc(OC)c1-n1c(CS(=O)(=O)[C@H](C)Cc2ncc(F)cn2)nnc1-c1nc(C(C)C)cs1. The minimum atomic E-state index is -3.76. The van der Waals surface area contributed by atoms with Crippen LogP contribution in [0.2, 0.25) is 0 Å². The van der Waals surface area contributed by atoms with Crippen molar-refractivity contribution >= 4 is 42.3 Å². The number of sulfone groups is 2. The Hall–Kier alpha value is -6.90. The fourth-order valence-electron chi connectivity index (χ4n) is 7.28. The summed E-state index contributed by atoms with van der Waals surface area (Å²) >= 11 is 2.79. The summed E-state index contributed by atoms with van der Waals surface area (Å²) in [5, 5.41) is 20.6. The van der Waals surface area contributed by atoms with E-state index in [-0.39, 0.29) is 48.0 Å². The number of hydrogen-bond donors (Lipinski definition) is 0. The van der Waals surface area contributed by atoms with Crippen molar-refractivity contribution < 1.29 is 44.6 Å². The number of ether oxygens (including phenoxy) is 4. The largest absolute Gasteiger partial charge is 0.494 e. The van der Waals surface area contributed by atoms with Crippen molar-refractivity contribution in [3.63, 3.8) is 0 Å². The van der Waals surface area contributed by atoms with E-state index >= 15 is 0 Å². The van der Waals surface area contributed by atoms with Gasteiger partial charge in [0, 0.05) is 23.6 Å². The highest BCUT2D eigenvalue weighted by Crippen LogP contribution is 2.40. The molecule has 8 rings (SSSR count). The number of nitrogens with zero attached hydrogens (tertiary/aromatic N) is 12. The van der Waals surface area contributed by atoms with Gasteiger partial charge in [0.05, 0.1) is 75.1 Å². The van der Waals surface area contributed by atoms with Crippen LogP contribution in [0.15, 0.2) is 71.9 Å². The van der Waals surface area contributed by atoms with Crippen LogP contribution in [0, 0.1) is 11.6 Å². The molecule has 0 radical (unpaired) electrons. The lowest BCUT2D eigenvalue weighted by Crippen LogP contribution is -2.24. The summed E-state index contributed by atoms with van der Waals surface area (Å²) in [5.74, 6) is 1.74. The fraction of sp³-hybridized carbons (Fsp3) is 0.375. The van der Waals surface area contributed by atoms with E-state index in [1.807, 2.05) is 38.5 Å². The molecule has 2 atom stereocenters. The van der Waals surface area contributed by atoms with Crippen molar-refractivity contribution in [1.29, 1.82) is 0 Å². The van der Waals surface area contributed by atoms with Crippen molar-refractivity contribution in [2.45, 2.75) is 88.2 Å². The topological polar surface area (TPSA) is 244 Å². The summed E-state index contributed by atoms with van der Waals surface area (Å²) in [5.41, 5.74) is 2.72. The minimum Gasteiger partial charge on any atom is -0.494 e. The number of para-hydroxylation sites is 2. The molecular formula is C48H54F2N12O8S4. The molecule has 6 aromatic heterocycles. The summed E-state index contributed by atoms with van der Waals surface area (Å²) in [6, 6.07) is 10.5. The van der Waals surface area contributed by atoms with Gasteiger partial charge in [-0.1, -0.05) is 39.8 Å². The number of aromatic nitrogens is 12. The van der Waals surface area contributed by atoms with Gasteiger partial charge >= 0.3 is 0 Å². The molecule has 0 unspecified atom stereocenters. The lowest BCUT2D eigenvalue weighted by atomic mass is 10.2. The van der Waals surface area contributed by atoms with Crippen LogP contribution in [-0.4, -0.2) is 115 Å². The van der Waals surface area contributed by atoms with Gasteiger partial charge in [-0.25, -0.2) is 55.5 Å². The minimum absolute atomic E-state index is 0.0197. The fourth-order valence-corrected chi connectivity index (χ4v) is 11.7. The van der Waals surface area contributed by atoms with E-state index < -0.39 is 53.3 Å². The van der Waals surface area contributed by atoms with E-state index in [1.165, 1.54) is 51.1 Å². The molecule has 0 aliphatic carbocycles. The maximum atomic E-state index is 13.4. The molecule has 0 aliphatic heterocycles. The highest BCUT2D eigenvalue weighted by Gasteiger charge is 2.32. The van der Waals surface area contributed by atoms with E-state index in [9.17, 15) is 25.6 Å². The van der Waals surface area contributed by atoms with Gasteiger partial charge in [-0.2, -0.15) is 0 Å². The second kappa shape index (κ2) is 23.5. The lowest BCUT2D eigenvalue weighted by Gasteiger charge is -2.17. The number of rotatable bonds is 20. The number of thiazole rings is 2. The Balaban J connectivity index is 0.000000216. The van der Waals surface area contributed by atoms with Gasteiger partial charge in [-0.05, 0) is 49.9 Å². The molecule has 74 heavy (non-hydrogen) atoms. The smallest absolute Gasteiger partial charge is 0.197 e. The van der Waals surface area contributed by atoms with Crippen molar-refractivity contribution in [3.8, 4) is 56.0 Å². The van der Waals surface area contributed by atoms with Gasteiger partial charge in [0.1, 0.15) is 57.5 Å². The molecule has 0 fully saturated rings. The molecule has 392 valence electrons. The van der Waals surface area contributed by atoms with Crippen molar-refractivity contribution in [2.75, 3.05) is 28.4 Å². The van der Waals surface area contributed by atoms with E-state index in [0.717, 1.165) is 36.2 Å². The Labute approximate surface area is 435 Å². The number of methoxy groups -OCH3 is 4. The number of hydrogen-bond acceptors (Lipinski definition) is 20. The van der Waals surface area contributed by atoms with Crippen LogP contribution in [0.5, 0.6) is 23.0 Å². The van der Waals surface area contributed by atoms with Crippen LogP contribution in [0.25, 0.3) is 33.0 Å². The Kier molecular flexibility index (Phi) is 17.4. The summed E-state index contributed by atoms with van der Waals surface area (Å²) in [4.78, 5) is 24.9. The first-order valence-electron chi connectivity index (χ1n) is 22.9. The quantitative estimate of drug-likeness (QED) is 0.0701.